The van der Waals surface area contributed by atoms with Gasteiger partial charge in [0, 0.05) is 26.2 Å². The molecule has 0 bridgehead atoms. The zero-order valence-electron chi connectivity index (χ0n) is 11.6. The largest absolute Gasteiger partial charge is 0.366 e. The summed E-state index contributed by atoms with van der Waals surface area (Å²) in [7, 11) is 1.80. The van der Waals surface area contributed by atoms with Gasteiger partial charge in [-0.2, -0.15) is 4.98 Å². The van der Waals surface area contributed by atoms with Gasteiger partial charge < -0.3 is 15.5 Å². The monoisotopic (exact) mass is 283 g/mol. The number of piperidine rings is 1. The third kappa shape index (κ3) is 3.94. The second kappa shape index (κ2) is 6.91. The van der Waals surface area contributed by atoms with Crippen molar-refractivity contribution >= 4 is 23.4 Å². The van der Waals surface area contributed by atoms with Crippen LogP contribution in [0.25, 0.3) is 0 Å². The van der Waals surface area contributed by atoms with Crippen molar-refractivity contribution in [2.75, 3.05) is 37.3 Å². The highest BCUT2D eigenvalue weighted by Crippen LogP contribution is 2.22. The quantitative estimate of drug-likeness (QED) is 0.869. The fraction of sp³-hybridized carbons (Fsp3) is 0.692. The molecule has 2 heterocycles. The summed E-state index contributed by atoms with van der Waals surface area (Å²) in [5, 5.41) is 6.94. The third-order valence-electron chi connectivity index (χ3n) is 3.44. The molecule has 5 nitrogen and oxygen atoms in total. The van der Waals surface area contributed by atoms with E-state index in [0.29, 0.717) is 17.0 Å². The van der Waals surface area contributed by atoms with E-state index in [-0.39, 0.29) is 0 Å². The van der Waals surface area contributed by atoms with E-state index in [1.807, 2.05) is 0 Å². The molecule has 0 aromatic carbocycles. The molecule has 1 aliphatic heterocycles. The van der Waals surface area contributed by atoms with Gasteiger partial charge in [0.2, 0.25) is 5.95 Å². The summed E-state index contributed by atoms with van der Waals surface area (Å²) < 4.78 is 0. The van der Waals surface area contributed by atoms with Gasteiger partial charge in [-0.05, 0) is 25.8 Å². The highest BCUT2D eigenvalue weighted by molar-refractivity contribution is 6.32. The van der Waals surface area contributed by atoms with Crippen LogP contribution in [0, 0.1) is 0 Å². The van der Waals surface area contributed by atoms with E-state index in [4.69, 9.17) is 11.6 Å². The molecule has 19 heavy (non-hydrogen) atoms. The summed E-state index contributed by atoms with van der Waals surface area (Å²) in [4.78, 5) is 11.0. The number of halogens is 1. The van der Waals surface area contributed by atoms with Gasteiger partial charge in [0.05, 0.1) is 6.20 Å². The molecule has 106 valence electrons. The summed E-state index contributed by atoms with van der Waals surface area (Å²) in [6, 6.07) is 0.449. The molecule has 1 saturated heterocycles. The zero-order chi connectivity index (χ0) is 13.7. The molecular weight excluding hydrogens is 262 g/mol. The molecule has 0 radical (unpaired) electrons. The highest BCUT2D eigenvalue weighted by Gasteiger charge is 2.19. The maximum atomic E-state index is 6.13. The first-order valence-corrected chi connectivity index (χ1v) is 7.30. The Morgan fingerprint density at radius 2 is 2.16 bits per heavy atom. The highest BCUT2D eigenvalue weighted by atomic mass is 35.5. The number of likely N-dealkylation sites (tertiary alicyclic amines) is 1. The molecule has 2 rings (SSSR count). The van der Waals surface area contributed by atoms with Crippen LogP contribution in [0.5, 0.6) is 0 Å². The third-order valence-corrected chi connectivity index (χ3v) is 3.71. The number of anilines is 2. The van der Waals surface area contributed by atoms with Crippen molar-refractivity contribution in [2.45, 2.75) is 32.2 Å². The standard InChI is InChI=1S/C13H22ClN5/c1-3-6-19-7-4-10(5-8-19)17-12-11(14)9-16-13(15-2)18-12/h9-10H,3-8H2,1-2H3,(H2,15,16,17,18). The molecule has 0 atom stereocenters. The van der Waals surface area contributed by atoms with E-state index in [1.165, 1.54) is 13.0 Å². The molecule has 0 saturated carbocycles. The molecule has 2 N–H and O–H groups in total. The molecule has 1 fully saturated rings. The molecule has 1 aromatic heterocycles. The normalized spacial score (nSPS) is 17.4. The van der Waals surface area contributed by atoms with E-state index in [2.05, 4.69) is 32.4 Å². The zero-order valence-corrected chi connectivity index (χ0v) is 12.4. The van der Waals surface area contributed by atoms with Gasteiger partial charge in [-0.3, -0.25) is 0 Å². The Hall–Kier alpha value is -1.07. The number of nitrogens with one attached hydrogen (secondary N) is 2. The minimum Gasteiger partial charge on any atom is -0.366 e. The van der Waals surface area contributed by atoms with Crippen molar-refractivity contribution in [3.05, 3.63) is 11.2 Å². The van der Waals surface area contributed by atoms with Crippen molar-refractivity contribution in [3.63, 3.8) is 0 Å². The SMILES string of the molecule is CCCN1CCC(Nc2nc(NC)ncc2Cl)CC1. The molecule has 6 heteroatoms. The summed E-state index contributed by atoms with van der Waals surface area (Å²) in [6.07, 6.45) is 5.13. The van der Waals surface area contributed by atoms with Crippen LogP contribution in [0.2, 0.25) is 5.02 Å². The van der Waals surface area contributed by atoms with Crippen LogP contribution in [0.15, 0.2) is 6.20 Å². The second-order valence-electron chi connectivity index (χ2n) is 4.90. The first kappa shape index (κ1) is 14.3. The fourth-order valence-electron chi connectivity index (χ4n) is 2.40. The molecule has 1 aliphatic rings. The Bertz CT molecular complexity index is 404. The number of hydrogen-bond acceptors (Lipinski definition) is 5. The average molecular weight is 284 g/mol. The van der Waals surface area contributed by atoms with Crippen LogP contribution in [0.3, 0.4) is 0 Å². The Morgan fingerprint density at radius 3 is 2.79 bits per heavy atom. The molecule has 1 aromatic rings. The molecule has 0 aliphatic carbocycles. The Kier molecular flexibility index (Phi) is 5.22. The lowest BCUT2D eigenvalue weighted by Gasteiger charge is -2.32. The Labute approximate surface area is 119 Å². The number of aromatic nitrogens is 2. The first-order valence-electron chi connectivity index (χ1n) is 6.92. The lowest BCUT2D eigenvalue weighted by molar-refractivity contribution is 0.219. The van der Waals surface area contributed by atoms with E-state index in [0.717, 1.165) is 31.7 Å². The van der Waals surface area contributed by atoms with Gasteiger partial charge in [-0.15, -0.1) is 0 Å². The topological polar surface area (TPSA) is 53.1 Å². The smallest absolute Gasteiger partial charge is 0.224 e. The van der Waals surface area contributed by atoms with E-state index in [9.17, 15) is 0 Å². The first-order chi connectivity index (χ1) is 9.22. The molecular formula is C13H22ClN5. The minimum atomic E-state index is 0.449. The average Bonchev–Trinajstić information content (AvgIpc) is 2.44. The summed E-state index contributed by atoms with van der Waals surface area (Å²) in [5.41, 5.74) is 0. The van der Waals surface area contributed by atoms with Crippen molar-refractivity contribution in [2.24, 2.45) is 0 Å². The van der Waals surface area contributed by atoms with Crippen LogP contribution in [0.1, 0.15) is 26.2 Å². The Balaban J connectivity index is 1.91. The molecule has 0 unspecified atom stereocenters. The van der Waals surface area contributed by atoms with Crippen LogP contribution < -0.4 is 10.6 Å². The van der Waals surface area contributed by atoms with Crippen LogP contribution in [-0.4, -0.2) is 47.6 Å². The Morgan fingerprint density at radius 1 is 1.42 bits per heavy atom. The van der Waals surface area contributed by atoms with Crippen molar-refractivity contribution < 1.29 is 0 Å². The van der Waals surface area contributed by atoms with Gasteiger partial charge in [-0.1, -0.05) is 18.5 Å². The lowest BCUT2D eigenvalue weighted by Crippen LogP contribution is -2.39. The van der Waals surface area contributed by atoms with Gasteiger partial charge in [0.25, 0.3) is 0 Å². The lowest BCUT2D eigenvalue weighted by atomic mass is 10.0. The number of rotatable bonds is 5. The molecule has 0 amide bonds. The summed E-state index contributed by atoms with van der Waals surface area (Å²) in [5.74, 6) is 1.32. The van der Waals surface area contributed by atoms with Gasteiger partial charge in [0.15, 0.2) is 5.82 Å². The predicted molar refractivity (Wildman–Crippen MR) is 80.0 cm³/mol. The number of hydrogen-bond donors (Lipinski definition) is 2. The summed E-state index contributed by atoms with van der Waals surface area (Å²) >= 11 is 6.13. The van der Waals surface area contributed by atoms with Crippen molar-refractivity contribution in [1.29, 1.82) is 0 Å². The predicted octanol–water partition coefficient (Wildman–Crippen LogP) is 2.46. The van der Waals surface area contributed by atoms with Crippen LogP contribution >= 0.6 is 11.6 Å². The van der Waals surface area contributed by atoms with Crippen LogP contribution in [0.4, 0.5) is 11.8 Å². The van der Waals surface area contributed by atoms with E-state index < -0.39 is 0 Å². The number of nitrogens with zero attached hydrogens (tertiary/aromatic N) is 3. The summed E-state index contributed by atoms with van der Waals surface area (Å²) in [6.45, 7) is 5.72. The van der Waals surface area contributed by atoms with Gasteiger partial charge in [-0.25, -0.2) is 4.98 Å². The van der Waals surface area contributed by atoms with Gasteiger partial charge >= 0.3 is 0 Å². The van der Waals surface area contributed by atoms with Crippen molar-refractivity contribution in [1.82, 2.24) is 14.9 Å². The van der Waals surface area contributed by atoms with Crippen molar-refractivity contribution in [3.8, 4) is 0 Å². The second-order valence-corrected chi connectivity index (χ2v) is 5.31. The fourth-order valence-corrected chi connectivity index (χ4v) is 2.54. The van der Waals surface area contributed by atoms with Gasteiger partial charge in [0.1, 0.15) is 5.02 Å². The van der Waals surface area contributed by atoms with Crippen LogP contribution in [-0.2, 0) is 0 Å². The van der Waals surface area contributed by atoms with E-state index in [1.54, 1.807) is 13.2 Å². The maximum Gasteiger partial charge on any atom is 0.224 e. The minimum absolute atomic E-state index is 0.449. The van der Waals surface area contributed by atoms with E-state index >= 15 is 0 Å². The maximum absolute atomic E-state index is 6.13. The molecule has 0 spiro atoms.